The second-order valence-electron chi connectivity index (χ2n) is 5.62. The molecule has 0 heterocycles. The maximum absolute atomic E-state index is 12.0. The van der Waals surface area contributed by atoms with Crippen LogP contribution in [-0.4, -0.2) is 23.2 Å². The molecule has 2 rings (SSSR count). The Morgan fingerprint density at radius 2 is 2.37 bits per heavy atom. The van der Waals surface area contributed by atoms with Crippen molar-refractivity contribution in [2.45, 2.75) is 38.2 Å². The van der Waals surface area contributed by atoms with Crippen LogP contribution in [0.1, 0.15) is 43.0 Å². The van der Waals surface area contributed by atoms with Gasteiger partial charge in [-0.15, -0.1) is 0 Å². The summed E-state index contributed by atoms with van der Waals surface area (Å²) in [5, 5.41) is 13.3. The third kappa shape index (κ3) is 4.05. The van der Waals surface area contributed by atoms with Gasteiger partial charge in [-0.3, -0.25) is 4.79 Å². The average Bonchev–Trinajstić information content (AvgIpc) is 2.36. The molecule has 1 aliphatic carbocycles. The SMILES string of the molecule is CC1CCCC(O)(CNC(=O)c2cccc(Br)c2)C1. The van der Waals surface area contributed by atoms with Gasteiger partial charge in [-0.05, 0) is 37.0 Å². The summed E-state index contributed by atoms with van der Waals surface area (Å²) in [5.74, 6) is 0.398. The van der Waals surface area contributed by atoms with Crippen LogP contribution in [0.2, 0.25) is 0 Å². The molecule has 1 aromatic carbocycles. The first-order valence-electron chi connectivity index (χ1n) is 6.75. The van der Waals surface area contributed by atoms with Gasteiger partial charge in [0.25, 0.3) is 5.91 Å². The molecule has 1 amide bonds. The predicted molar refractivity (Wildman–Crippen MR) is 79.1 cm³/mol. The van der Waals surface area contributed by atoms with E-state index in [2.05, 4.69) is 28.2 Å². The Balaban J connectivity index is 1.93. The van der Waals surface area contributed by atoms with Crippen molar-refractivity contribution in [1.82, 2.24) is 5.32 Å². The van der Waals surface area contributed by atoms with E-state index >= 15 is 0 Å². The molecule has 2 N–H and O–H groups in total. The number of nitrogens with one attached hydrogen (secondary N) is 1. The summed E-state index contributed by atoms with van der Waals surface area (Å²) < 4.78 is 0.880. The molecule has 0 aromatic heterocycles. The summed E-state index contributed by atoms with van der Waals surface area (Å²) in [7, 11) is 0. The van der Waals surface area contributed by atoms with Crippen molar-refractivity contribution in [3.8, 4) is 0 Å². The largest absolute Gasteiger partial charge is 0.388 e. The molecule has 104 valence electrons. The van der Waals surface area contributed by atoms with E-state index < -0.39 is 5.60 Å². The van der Waals surface area contributed by atoms with E-state index in [1.54, 1.807) is 12.1 Å². The molecule has 0 radical (unpaired) electrons. The van der Waals surface area contributed by atoms with E-state index in [0.717, 1.165) is 23.7 Å². The number of halogens is 1. The zero-order valence-electron chi connectivity index (χ0n) is 11.2. The van der Waals surface area contributed by atoms with Crippen molar-refractivity contribution in [3.05, 3.63) is 34.3 Å². The summed E-state index contributed by atoms with van der Waals surface area (Å²) in [6.45, 7) is 2.49. The van der Waals surface area contributed by atoms with Crippen LogP contribution < -0.4 is 5.32 Å². The molecule has 3 nitrogen and oxygen atoms in total. The highest BCUT2D eigenvalue weighted by Crippen LogP contribution is 2.31. The molecule has 0 aliphatic heterocycles. The second kappa shape index (κ2) is 6.06. The first-order chi connectivity index (χ1) is 8.98. The lowest BCUT2D eigenvalue weighted by atomic mass is 9.79. The normalized spacial score (nSPS) is 27.0. The molecular formula is C15H20BrNO2. The van der Waals surface area contributed by atoms with Crippen LogP contribution in [0.25, 0.3) is 0 Å². The molecule has 2 atom stereocenters. The average molecular weight is 326 g/mol. The standard InChI is InChI=1S/C15H20BrNO2/c1-11-4-3-7-15(19,9-11)10-17-14(18)12-5-2-6-13(16)8-12/h2,5-6,8,11,19H,3-4,7,9-10H2,1H3,(H,17,18). The smallest absolute Gasteiger partial charge is 0.251 e. The fourth-order valence-electron chi connectivity index (χ4n) is 2.77. The molecule has 1 fully saturated rings. The van der Waals surface area contributed by atoms with E-state index in [9.17, 15) is 9.90 Å². The molecule has 1 saturated carbocycles. The van der Waals surface area contributed by atoms with Gasteiger partial charge in [0.15, 0.2) is 0 Å². The van der Waals surface area contributed by atoms with Crippen LogP contribution in [0.15, 0.2) is 28.7 Å². The van der Waals surface area contributed by atoms with Crippen molar-refractivity contribution in [2.75, 3.05) is 6.54 Å². The Kier molecular flexibility index (Phi) is 4.63. The third-order valence-corrected chi connectivity index (χ3v) is 4.23. The van der Waals surface area contributed by atoms with Gasteiger partial charge in [0.2, 0.25) is 0 Å². The molecule has 0 spiro atoms. The number of aliphatic hydroxyl groups is 1. The molecular weight excluding hydrogens is 306 g/mol. The lowest BCUT2D eigenvalue weighted by Gasteiger charge is -2.35. The Labute approximate surface area is 122 Å². The number of amides is 1. The number of rotatable bonds is 3. The number of hydrogen-bond donors (Lipinski definition) is 2. The van der Waals surface area contributed by atoms with E-state index in [-0.39, 0.29) is 5.91 Å². The van der Waals surface area contributed by atoms with Crippen molar-refractivity contribution in [1.29, 1.82) is 0 Å². The first kappa shape index (κ1) is 14.5. The zero-order valence-corrected chi connectivity index (χ0v) is 12.7. The molecule has 4 heteroatoms. The monoisotopic (exact) mass is 325 g/mol. The predicted octanol–water partition coefficient (Wildman–Crippen LogP) is 3.12. The van der Waals surface area contributed by atoms with Crippen LogP contribution in [0.4, 0.5) is 0 Å². The van der Waals surface area contributed by atoms with E-state index in [4.69, 9.17) is 0 Å². The molecule has 1 aromatic rings. The first-order valence-corrected chi connectivity index (χ1v) is 7.54. The van der Waals surface area contributed by atoms with Crippen LogP contribution in [0, 0.1) is 5.92 Å². The quantitative estimate of drug-likeness (QED) is 0.897. The zero-order chi connectivity index (χ0) is 13.9. The Morgan fingerprint density at radius 1 is 1.58 bits per heavy atom. The summed E-state index contributed by atoms with van der Waals surface area (Å²) >= 11 is 3.35. The Bertz CT molecular complexity index is 463. The van der Waals surface area contributed by atoms with Crippen molar-refractivity contribution < 1.29 is 9.90 Å². The number of hydrogen-bond acceptors (Lipinski definition) is 2. The van der Waals surface area contributed by atoms with Gasteiger partial charge >= 0.3 is 0 Å². The van der Waals surface area contributed by atoms with E-state index in [1.165, 1.54) is 6.42 Å². The maximum Gasteiger partial charge on any atom is 0.251 e. The van der Waals surface area contributed by atoms with Gasteiger partial charge in [-0.2, -0.15) is 0 Å². The van der Waals surface area contributed by atoms with Gasteiger partial charge < -0.3 is 10.4 Å². The minimum absolute atomic E-state index is 0.132. The van der Waals surface area contributed by atoms with Crippen molar-refractivity contribution in [3.63, 3.8) is 0 Å². The highest BCUT2D eigenvalue weighted by atomic mass is 79.9. The van der Waals surface area contributed by atoms with Gasteiger partial charge in [-0.25, -0.2) is 0 Å². The molecule has 0 saturated heterocycles. The van der Waals surface area contributed by atoms with Crippen molar-refractivity contribution >= 4 is 21.8 Å². The summed E-state index contributed by atoms with van der Waals surface area (Å²) in [6.07, 6.45) is 3.74. The molecule has 1 aliphatic rings. The Morgan fingerprint density at radius 3 is 3.05 bits per heavy atom. The molecule has 19 heavy (non-hydrogen) atoms. The second-order valence-corrected chi connectivity index (χ2v) is 6.53. The minimum atomic E-state index is -0.737. The summed E-state index contributed by atoms with van der Waals surface area (Å²) in [6, 6.07) is 7.26. The van der Waals surface area contributed by atoms with Crippen LogP contribution in [0.3, 0.4) is 0 Å². The van der Waals surface area contributed by atoms with Crippen LogP contribution in [0.5, 0.6) is 0 Å². The third-order valence-electron chi connectivity index (χ3n) is 3.73. The van der Waals surface area contributed by atoms with Gasteiger partial charge in [0.05, 0.1) is 5.60 Å². The number of benzene rings is 1. The van der Waals surface area contributed by atoms with Crippen molar-refractivity contribution in [2.24, 2.45) is 5.92 Å². The lowest BCUT2D eigenvalue weighted by molar-refractivity contribution is -0.0109. The summed E-state index contributed by atoms with van der Waals surface area (Å²) in [4.78, 5) is 12.0. The minimum Gasteiger partial charge on any atom is -0.388 e. The fraction of sp³-hybridized carbons (Fsp3) is 0.533. The van der Waals surface area contributed by atoms with Gasteiger partial charge in [0.1, 0.15) is 0 Å². The van der Waals surface area contributed by atoms with Crippen LogP contribution >= 0.6 is 15.9 Å². The highest BCUT2D eigenvalue weighted by Gasteiger charge is 2.32. The maximum atomic E-state index is 12.0. The lowest BCUT2D eigenvalue weighted by Crippen LogP contribution is -2.45. The Hall–Kier alpha value is -0.870. The highest BCUT2D eigenvalue weighted by molar-refractivity contribution is 9.10. The van der Waals surface area contributed by atoms with E-state index in [0.29, 0.717) is 18.0 Å². The van der Waals surface area contributed by atoms with E-state index in [1.807, 2.05) is 12.1 Å². The van der Waals surface area contributed by atoms with Gasteiger partial charge in [0, 0.05) is 16.6 Å². The number of carbonyl (C=O) groups excluding carboxylic acids is 1. The molecule has 2 unspecified atom stereocenters. The topological polar surface area (TPSA) is 49.3 Å². The summed E-state index contributed by atoms with van der Waals surface area (Å²) in [5.41, 5.74) is -0.124. The molecule has 0 bridgehead atoms. The van der Waals surface area contributed by atoms with Gasteiger partial charge in [-0.1, -0.05) is 41.8 Å². The van der Waals surface area contributed by atoms with Crippen LogP contribution in [-0.2, 0) is 0 Å². The number of carbonyl (C=O) groups is 1. The fourth-order valence-corrected chi connectivity index (χ4v) is 3.17.